The van der Waals surface area contributed by atoms with Gasteiger partial charge in [-0.25, -0.2) is 9.78 Å². The minimum absolute atomic E-state index is 0.230. The van der Waals surface area contributed by atoms with E-state index in [9.17, 15) is 9.59 Å². The van der Waals surface area contributed by atoms with Gasteiger partial charge in [0.15, 0.2) is 5.88 Å². The average Bonchev–Trinajstić information content (AvgIpc) is 2.74. The van der Waals surface area contributed by atoms with Gasteiger partial charge in [-0.1, -0.05) is 6.92 Å². The summed E-state index contributed by atoms with van der Waals surface area (Å²) < 4.78 is 0. The lowest BCUT2D eigenvalue weighted by molar-refractivity contribution is 0.0696. The van der Waals surface area contributed by atoms with Crippen molar-refractivity contribution in [3.63, 3.8) is 0 Å². The number of hydrogen-bond donors (Lipinski definition) is 4. The molecule has 7 nitrogen and oxygen atoms in total. The zero-order chi connectivity index (χ0) is 14.4. The second kappa shape index (κ2) is 6.39. The Hall–Kier alpha value is -2.57. The van der Waals surface area contributed by atoms with E-state index in [1.807, 2.05) is 18.1 Å². The molecular formula is C12H15N3O4. The van der Waals surface area contributed by atoms with Gasteiger partial charge in [-0.3, -0.25) is 9.78 Å². The zero-order valence-electron chi connectivity index (χ0n) is 10.6. The lowest BCUT2D eigenvalue weighted by atomic mass is 10.3. The molecule has 2 heterocycles. The van der Waals surface area contributed by atoms with Crippen molar-refractivity contribution in [2.24, 2.45) is 0 Å². The molecule has 7 heteroatoms. The van der Waals surface area contributed by atoms with Crippen LogP contribution in [-0.2, 0) is 6.42 Å². The Balaban J connectivity index is 0.000000200. The number of H-pyrrole nitrogens is 2. The SMILES string of the molecule is CCc1ncc(C)[nH]1.O=C(O)c1cc(O)[nH]c(=O)c1. The van der Waals surface area contributed by atoms with Crippen LogP contribution < -0.4 is 5.56 Å². The van der Waals surface area contributed by atoms with Gasteiger partial charge < -0.3 is 15.2 Å². The smallest absolute Gasteiger partial charge is 0.336 e. The Morgan fingerprint density at radius 3 is 2.42 bits per heavy atom. The summed E-state index contributed by atoms with van der Waals surface area (Å²) in [7, 11) is 0. The summed E-state index contributed by atoms with van der Waals surface area (Å²) in [6.07, 6.45) is 2.84. The Bertz CT molecular complexity index is 615. The molecule has 2 rings (SSSR count). The Morgan fingerprint density at radius 2 is 2.05 bits per heavy atom. The maximum Gasteiger partial charge on any atom is 0.336 e. The van der Waals surface area contributed by atoms with E-state index in [1.165, 1.54) is 0 Å². The van der Waals surface area contributed by atoms with E-state index in [4.69, 9.17) is 10.2 Å². The van der Waals surface area contributed by atoms with Crippen LogP contribution in [-0.4, -0.2) is 31.1 Å². The maximum absolute atomic E-state index is 10.5. The molecule has 2 aromatic rings. The molecule has 0 fully saturated rings. The number of hydrogen-bond acceptors (Lipinski definition) is 4. The predicted molar refractivity (Wildman–Crippen MR) is 68.4 cm³/mol. The summed E-state index contributed by atoms with van der Waals surface area (Å²) in [6.45, 7) is 4.09. The van der Waals surface area contributed by atoms with Crippen LogP contribution in [0.2, 0.25) is 0 Å². The number of aryl methyl sites for hydroxylation is 2. The highest BCUT2D eigenvalue weighted by Gasteiger charge is 2.04. The van der Waals surface area contributed by atoms with Crippen molar-refractivity contribution in [1.29, 1.82) is 0 Å². The first-order valence-electron chi connectivity index (χ1n) is 5.59. The molecule has 0 unspecified atom stereocenters. The van der Waals surface area contributed by atoms with Crippen molar-refractivity contribution >= 4 is 5.97 Å². The first kappa shape index (κ1) is 14.5. The number of imidazole rings is 1. The molecule has 0 atom stereocenters. The van der Waals surface area contributed by atoms with E-state index in [-0.39, 0.29) is 5.56 Å². The first-order chi connectivity index (χ1) is 8.92. The van der Waals surface area contributed by atoms with Crippen LogP contribution in [0.3, 0.4) is 0 Å². The summed E-state index contributed by atoms with van der Waals surface area (Å²) >= 11 is 0. The molecular weight excluding hydrogens is 250 g/mol. The zero-order valence-corrected chi connectivity index (χ0v) is 10.6. The highest BCUT2D eigenvalue weighted by molar-refractivity contribution is 5.87. The minimum Gasteiger partial charge on any atom is -0.494 e. The number of nitrogens with one attached hydrogen (secondary N) is 2. The summed E-state index contributed by atoms with van der Waals surface area (Å²) in [4.78, 5) is 30.0. The summed E-state index contributed by atoms with van der Waals surface area (Å²) in [5.74, 6) is -0.621. The standard InChI is InChI=1S/C6H10N2.C6H5NO4/c1-3-6-7-4-5(2)8-6;8-4-1-3(6(10)11)2-5(9)7-4/h4H,3H2,1-2H3,(H,7,8);1-2H,(H,10,11)(H2,7,8,9). The summed E-state index contributed by atoms with van der Waals surface area (Å²) in [6, 6.07) is 1.85. The van der Waals surface area contributed by atoms with Gasteiger partial charge in [-0.05, 0) is 6.92 Å². The van der Waals surface area contributed by atoms with Gasteiger partial charge in [-0.15, -0.1) is 0 Å². The molecule has 0 bridgehead atoms. The third-order valence-electron chi connectivity index (χ3n) is 2.17. The topological polar surface area (TPSA) is 119 Å². The van der Waals surface area contributed by atoms with Gasteiger partial charge in [0.25, 0.3) is 5.56 Å². The van der Waals surface area contributed by atoms with Crippen LogP contribution in [0, 0.1) is 6.92 Å². The number of pyridine rings is 1. The van der Waals surface area contributed by atoms with Crippen LogP contribution in [0.1, 0.15) is 28.8 Å². The van der Waals surface area contributed by atoms with E-state index >= 15 is 0 Å². The number of carboxylic acids is 1. The molecule has 2 aromatic heterocycles. The monoisotopic (exact) mass is 265 g/mol. The van der Waals surface area contributed by atoms with Crippen molar-refractivity contribution in [2.75, 3.05) is 0 Å². The van der Waals surface area contributed by atoms with Gasteiger partial charge in [0.2, 0.25) is 0 Å². The molecule has 0 aliphatic rings. The van der Waals surface area contributed by atoms with Crippen LogP contribution in [0.5, 0.6) is 5.88 Å². The van der Waals surface area contributed by atoms with E-state index in [1.54, 1.807) is 0 Å². The van der Waals surface area contributed by atoms with Crippen molar-refractivity contribution in [3.8, 4) is 5.88 Å². The van der Waals surface area contributed by atoms with Crippen LogP contribution in [0.4, 0.5) is 0 Å². The predicted octanol–water partition coefficient (Wildman–Crippen LogP) is 1.06. The van der Waals surface area contributed by atoms with E-state index in [2.05, 4.69) is 16.9 Å². The van der Waals surface area contributed by atoms with E-state index in [0.29, 0.717) is 0 Å². The number of aromatic carboxylic acids is 1. The van der Waals surface area contributed by atoms with Crippen LogP contribution in [0.25, 0.3) is 0 Å². The van der Waals surface area contributed by atoms with Crippen molar-refractivity contribution in [2.45, 2.75) is 20.3 Å². The molecule has 0 radical (unpaired) electrons. The maximum atomic E-state index is 10.5. The molecule has 0 saturated carbocycles. The summed E-state index contributed by atoms with van der Waals surface area (Å²) in [5.41, 5.74) is 0.274. The van der Waals surface area contributed by atoms with Gasteiger partial charge in [-0.2, -0.15) is 0 Å². The van der Waals surface area contributed by atoms with Crippen molar-refractivity contribution in [1.82, 2.24) is 15.0 Å². The Kier molecular flexibility index (Phi) is 4.87. The Labute approximate surface area is 109 Å². The molecule has 0 aliphatic heterocycles. The second-order valence-electron chi connectivity index (χ2n) is 3.79. The molecule has 4 N–H and O–H groups in total. The molecule has 0 spiro atoms. The third kappa shape index (κ3) is 4.66. The van der Waals surface area contributed by atoms with Gasteiger partial charge in [0.1, 0.15) is 5.82 Å². The molecule has 19 heavy (non-hydrogen) atoms. The number of aromatic nitrogens is 3. The molecule has 0 amide bonds. The Morgan fingerprint density at radius 1 is 1.37 bits per heavy atom. The lowest BCUT2D eigenvalue weighted by Crippen LogP contribution is -2.08. The second-order valence-corrected chi connectivity index (χ2v) is 3.79. The molecule has 0 saturated heterocycles. The average molecular weight is 265 g/mol. The largest absolute Gasteiger partial charge is 0.494 e. The number of carboxylic acid groups (broad SMARTS) is 1. The van der Waals surface area contributed by atoms with Gasteiger partial charge in [0.05, 0.1) is 5.56 Å². The van der Waals surface area contributed by atoms with Gasteiger partial charge in [0, 0.05) is 30.4 Å². The molecule has 102 valence electrons. The molecule has 0 aliphatic carbocycles. The number of rotatable bonds is 2. The fraction of sp³-hybridized carbons (Fsp3) is 0.250. The highest BCUT2D eigenvalue weighted by Crippen LogP contribution is 2.02. The van der Waals surface area contributed by atoms with Gasteiger partial charge >= 0.3 is 5.97 Å². The van der Waals surface area contributed by atoms with Crippen molar-refractivity contribution < 1.29 is 15.0 Å². The number of aromatic hydroxyl groups is 1. The summed E-state index contributed by atoms with van der Waals surface area (Å²) in [5, 5.41) is 17.1. The van der Waals surface area contributed by atoms with Crippen LogP contribution >= 0.6 is 0 Å². The normalized spacial score (nSPS) is 9.58. The van der Waals surface area contributed by atoms with E-state index in [0.717, 1.165) is 30.1 Å². The lowest BCUT2D eigenvalue weighted by Gasteiger charge is -1.93. The minimum atomic E-state index is -1.24. The van der Waals surface area contributed by atoms with Crippen molar-refractivity contribution in [3.05, 3.63) is 45.8 Å². The third-order valence-corrected chi connectivity index (χ3v) is 2.17. The molecule has 0 aromatic carbocycles. The quantitative estimate of drug-likeness (QED) is 0.647. The number of aromatic amines is 2. The number of nitrogens with zero attached hydrogens (tertiary/aromatic N) is 1. The van der Waals surface area contributed by atoms with E-state index < -0.39 is 17.4 Å². The fourth-order valence-electron chi connectivity index (χ4n) is 1.30. The highest BCUT2D eigenvalue weighted by atomic mass is 16.4. The number of carbonyl (C=O) groups is 1. The van der Waals surface area contributed by atoms with Crippen LogP contribution in [0.15, 0.2) is 23.1 Å². The first-order valence-corrected chi connectivity index (χ1v) is 5.59. The fourth-order valence-corrected chi connectivity index (χ4v) is 1.30.